The summed E-state index contributed by atoms with van der Waals surface area (Å²) in [5, 5.41) is 0.999. The fourth-order valence-corrected chi connectivity index (χ4v) is 2.71. The normalized spacial score (nSPS) is 11.9. The lowest BCUT2D eigenvalue weighted by atomic mass is 10.1. The van der Waals surface area contributed by atoms with Gasteiger partial charge < -0.3 is 9.88 Å². The third-order valence-corrected chi connectivity index (χ3v) is 4.09. The maximum Gasteiger partial charge on any atom is 0.327 e. The Hall–Kier alpha value is -2.63. The predicted octanol–water partition coefficient (Wildman–Crippen LogP) is 3.79. The van der Waals surface area contributed by atoms with Gasteiger partial charge in [0.1, 0.15) is 5.52 Å². The zero-order valence-electron chi connectivity index (χ0n) is 14.8. The average Bonchev–Trinajstić information content (AvgIpc) is 2.96. The van der Waals surface area contributed by atoms with Crippen LogP contribution < -0.4 is 4.90 Å². The summed E-state index contributed by atoms with van der Waals surface area (Å²) in [6.45, 7) is 8.58. The minimum atomic E-state index is -0.405. The minimum absolute atomic E-state index is 0.0821. The molecule has 0 spiro atoms. The number of amides is 2. The van der Waals surface area contributed by atoms with Gasteiger partial charge in [-0.1, -0.05) is 18.2 Å². The topological polar surface area (TPSA) is 65.1 Å². The van der Waals surface area contributed by atoms with Crippen LogP contribution in [0.4, 0.5) is 10.7 Å². The summed E-state index contributed by atoms with van der Waals surface area (Å²) >= 11 is 0. The van der Waals surface area contributed by atoms with Gasteiger partial charge in [-0.05, 0) is 33.8 Å². The zero-order valence-corrected chi connectivity index (χ0v) is 14.8. The number of aromatic amines is 1. The molecular weight excluding hydrogens is 302 g/mol. The maximum absolute atomic E-state index is 12.8. The Morgan fingerprint density at radius 1 is 1.21 bits per heavy atom. The molecule has 0 saturated heterocycles. The molecule has 3 rings (SSSR count). The van der Waals surface area contributed by atoms with Crippen molar-refractivity contribution in [2.24, 2.45) is 0 Å². The van der Waals surface area contributed by atoms with E-state index in [1.54, 1.807) is 23.0 Å². The number of carbonyl (C=O) groups is 1. The van der Waals surface area contributed by atoms with Crippen LogP contribution in [0.5, 0.6) is 0 Å². The van der Waals surface area contributed by atoms with Crippen LogP contribution in [0.2, 0.25) is 0 Å². The summed E-state index contributed by atoms with van der Waals surface area (Å²) in [6.07, 6.45) is 1.74. The molecule has 0 saturated carbocycles. The van der Waals surface area contributed by atoms with Gasteiger partial charge in [-0.15, -0.1) is 0 Å². The van der Waals surface area contributed by atoms with E-state index in [4.69, 9.17) is 0 Å². The number of hydrogen-bond donors (Lipinski definition) is 1. The molecule has 0 unspecified atom stereocenters. The Labute approximate surface area is 141 Å². The van der Waals surface area contributed by atoms with Gasteiger partial charge >= 0.3 is 6.03 Å². The summed E-state index contributed by atoms with van der Waals surface area (Å²) in [6, 6.07) is 7.82. The van der Waals surface area contributed by atoms with Gasteiger partial charge in [0.05, 0.1) is 17.2 Å². The number of imidazole rings is 1. The molecule has 0 bridgehead atoms. The summed E-state index contributed by atoms with van der Waals surface area (Å²) in [5.74, 6) is 0.543. The van der Waals surface area contributed by atoms with Crippen molar-refractivity contribution in [2.75, 3.05) is 18.5 Å². The molecule has 1 aromatic carbocycles. The molecule has 1 N–H and O–H groups in total. The number of para-hydroxylation sites is 1. The van der Waals surface area contributed by atoms with E-state index in [1.807, 2.05) is 52.0 Å². The van der Waals surface area contributed by atoms with Crippen LogP contribution in [-0.4, -0.2) is 45.0 Å². The first-order chi connectivity index (χ1) is 11.3. The summed E-state index contributed by atoms with van der Waals surface area (Å²) in [7, 11) is 1.79. The van der Waals surface area contributed by atoms with Gasteiger partial charge in [0.25, 0.3) is 0 Å². The molecule has 0 fully saturated rings. The number of H-pyrrole nitrogens is 1. The quantitative estimate of drug-likeness (QED) is 0.779. The molecule has 6 nitrogen and oxygen atoms in total. The Morgan fingerprint density at radius 2 is 1.92 bits per heavy atom. The first-order valence-corrected chi connectivity index (χ1v) is 8.11. The second kappa shape index (κ2) is 5.78. The zero-order chi connectivity index (χ0) is 17.5. The molecule has 0 aliphatic carbocycles. The lowest BCUT2D eigenvalue weighted by Crippen LogP contribution is -2.51. The van der Waals surface area contributed by atoms with Crippen LogP contribution >= 0.6 is 0 Å². The van der Waals surface area contributed by atoms with E-state index in [-0.39, 0.29) is 6.03 Å². The molecule has 6 heteroatoms. The standard InChI is InChI=1S/C18H23N5O/c1-6-22(5)17(24)23(18(2,3)4)16-20-14-11-19-13-10-8-7-9-12(13)15(14)21-16/h7-11H,6H2,1-5H3,(H,20,21). The number of anilines is 1. The highest BCUT2D eigenvalue weighted by atomic mass is 16.2. The first kappa shape index (κ1) is 16.2. The SMILES string of the molecule is CCN(C)C(=O)N(c1nc2cnc3ccccc3c2[nH]1)C(C)(C)C. The van der Waals surface area contributed by atoms with E-state index in [1.165, 1.54) is 0 Å². The molecular formula is C18H23N5O. The van der Waals surface area contributed by atoms with Crippen molar-refractivity contribution in [1.82, 2.24) is 19.9 Å². The number of nitrogens with one attached hydrogen (secondary N) is 1. The second-order valence-electron chi connectivity index (χ2n) is 6.90. The van der Waals surface area contributed by atoms with Crippen molar-refractivity contribution in [2.45, 2.75) is 33.2 Å². The predicted molar refractivity (Wildman–Crippen MR) is 97.3 cm³/mol. The number of fused-ring (bicyclic) bond motifs is 3. The monoisotopic (exact) mass is 325 g/mol. The van der Waals surface area contributed by atoms with Crippen molar-refractivity contribution >= 4 is 33.9 Å². The fraction of sp³-hybridized carbons (Fsp3) is 0.389. The number of carbonyl (C=O) groups excluding carboxylic acids is 1. The van der Waals surface area contributed by atoms with Crippen molar-refractivity contribution in [3.05, 3.63) is 30.5 Å². The van der Waals surface area contributed by atoms with Crippen molar-refractivity contribution in [3.8, 4) is 0 Å². The number of nitrogens with zero attached hydrogens (tertiary/aromatic N) is 4. The Kier molecular flexibility index (Phi) is 3.91. The smallest absolute Gasteiger partial charge is 0.327 e. The second-order valence-corrected chi connectivity index (χ2v) is 6.90. The molecule has 2 heterocycles. The van der Waals surface area contributed by atoms with Crippen molar-refractivity contribution in [1.29, 1.82) is 0 Å². The summed E-state index contributed by atoms with van der Waals surface area (Å²) < 4.78 is 0. The summed E-state index contributed by atoms with van der Waals surface area (Å²) in [5.41, 5.74) is 2.15. The molecule has 0 atom stereocenters. The highest BCUT2D eigenvalue weighted by molar-refractivity contribution is 6.03. The molecule has 126 valence electrons. The van der Waals surface area contributed by atoms with Crippen LogP contribution in [-0.2, 0) is 0 Å². The molecule has 24 heavy (non-hydrogen) atoms. The van der Waals surface area contributed by atoms with E-state index in [9.17, 15) is 4.79 Å². The minimum Gasteiger partial charge on any atom is -0.328 e. The molecule has 0 aliphatic heterocycles. The van der Waals surface area contributed by atoms with Crippen molar-refractivity contribution < 1.29 is 4.79 Å². The fourth-order valence-electron chi connectivity index (χ4n) is 2.71. The third-order valence-electron chi connectivity index (χ3n) is 4.09. The van der Waals surface area contributed by atoms with E-state index in [0.717, 1.165) is 21.9 Å². The van der Waals surface area contributed by atoms with Crippen LogP contribution in [0.25, 0.3) is 21.9 Å². The van der Waals surface area contributed by atoms with Gasteiger partial charge in [-0.3, -0.25) is 9.88 Å². The first-order valence-electron chi connectivity index (χ1n) is 8.11. The summed E-state index contributed by atoms with van der Waals surface area (Å²) in [4.78, 5) is 28.6. The van der Waals surface area contributed by atoms with E-state index < -0.39 is 5.54 Å². The molecule has 0 radical (unpaired) electrons. The highest BCUT2D eigenvalue weighted by Crippen LogP contribution is 2.28. The average molecular weight is 325 g/mol. The highest BCUT2D eigenvalue weighted by Gasteiger charge is 2.32. The van der Waals surface area contributed by atoms with Crippen LogP contribution in [0.15, 0.2) is 30.5 Å². The van der Waals surface area contributed by atoms with E-state index in [0.29, 0.717) is 12.5 Å². The van der Waals surface area contributed by atoms with Gasteiger partial charge in [-0.2, -0.15) is 0 Å². The number of hydrogen-bond acceptors (Lipinski definition) is 3. The Morgan fingerprint density at radius 3 is 2.58 bits per heavy atom. The van der Waals surface area contributed by atoms with Crippen LogP contribution in [0.1, 0.15) is 27.7 Å². The number of benzene rings is 1. The van der Waals surface area contributed by atoms with Gasteiger partial charge in [-0.25, -0.2) is 9.78 Å². The van der Waals surface area contributed by atoms with Crippen LogP contribution in [0.3, 0.4) is 0 Å². The lowest BCUT2D eigenvalue weighted by Gasteiger charge is -2.36. The number of aromatic nitrogens is 3. The number of urea groups is 1. The number of pyridine rings is 1. The largest absolute Gasteiger partial charge is 0.328 e. The molecule has 2 aromatic heterocycles. The van der Waals surface area contributed by atoms with Gasteiger partial charge in [0.2, 0.25) is 5.95 Å². The van der Waals surface area contributed by atoms with Gasteiger partial charge in [0.15, 0.2) is 0 Å². The van der Waals surface area contributed by atoms with Crippen molar-refractivity contribution in [3.63, 3.8) is 0 Å². The van der Waals surface area contributed by atoms with E-state index >= 15 is 0 Å². The Balaban J connectivity index is 2.18. The van der Waals surface area contributed by atoms with Crippen LogP contribution in [0, 0.1) is 0 Å². The molecule has 0 aliphatic rings. The maximum atomic E-state index is 12.8. The Bertz CT molecular complexity index is 893. The third kappa shape index (κ3) is 2.68. The molecule has 3 aromatic rings. The van der Waals surface area contributed by atoms with Gasteiger partial charge in [0, 0.05) is 24.5 Å². The van der Waals surface area contributed by atoms with E-state index in [2.05, 4.69) is 15.0 Å². The lowest BCUT2D eigenvalue weighted by molar-refractivity contribution is 0.211. The number of rotatable bonds is 2. The molecule has 2 amide bonds.